The van der Waals surface area contributed by atoms with Crippen molar-refractivity contribution in [2.45, 2.75) is 42.1 Å². The van der Waals surface area contributed by atoms with Gasteiger partial charge in [0.25, 0.3) is 5.91 Å². The molecule has 1 saturated heterocycles. The van der Waals surface area contributed by atoms with E-state index < -0.39 is 0 Å². The predicted octanol–water partition coefficient (Wildman–Crippen LogP) is 5.24. The number of carbonyl (C=O) groups excluding carboxylic acids is 1. The number of amides is 1. The van der Waals surface area contributed by atoms with Crippen LogP contribution in [0.15, 0.2) is 51.2 Å². The molecular weight excluding hydrogens is 380 g/mol. The maximum atomic E-state index is 12.5. The highest BCUT2D eigenvalue weighted by Gasteiger charge is 2.20. The maximum Gasteiger partial charge on any atom is 0.251 e. The molecule has 0 bridgehead atoms. The minimum absolute atomic E-state index is 0.0867. The van der Waals surface area contributed by atoms with Crippen molar-refractivity contribution in [1.82, 2.24) is 5.32 Å². The predicted molar refractivity (Wildman–Crippen MR) is 110 cm³/mol. The first kappa shape index (κ1) is 18.5. The number of benzene rings is 2. The van der Waals surface area contributed by atoms with Gasteiger partial charge in [-0.15, -0.1) is 0 Å². The van der Waals surface area contributed by atoms with E-state index in [4.69, 9.17) is 21.3 Å². The van der Waals surface area contributed by atoms with E-state index in [2.05, 4.69) is 12.2 Å². The SMILES string of the molecule is CCC1=Nc2cc(C(=O)NCC3CCCO3)ccc2Sc2ccc(Cl)cc21. The van der Waals surface area contributed by atoms with Gasteiger partial charge in [0.15, 0.2) is 0 Å². The van der Waals surface area contributed by atoms with Crippen LogP contribution in [0.5, 0.6) is 0 Å². The molecule has 0 aliphatic carbocycles. The first-order valence-corrected chi connectivity index (χ1v) is 10.4. The summed E-state index contributed by atoms with van der Waals surface area (Å²) in [5.74, 6) is -0.0867. The van der Waals surface area contributed by atoms with E-state index in [0.717, 1.165) is 52.6 Å². The van der Waals surface area contributed by atoms with Crippen LogP contribution >= 0.6 is 23.4 Å². The van der Waals surface area contributed by atoms with Gasteiger partial charge in [0.1, 0.15) is 0 Å². The van der Waals surface area contributed by atoms with Crippen LogP contribution in [0.3, 0.4) is 0 Å². The first-order chi connectivity index (χ1) is 13.1. The first-order valence-electron chi connectivity index (χ1n) is 9.23. The summed E-state index contributed by atoms with van der Waals surface area (Å²) < 4.78 is 5.57. The summed E-state index contributed by atoms with van der Waals surface area (Å²) in [5.41, 5.74) is 3.50. The third kappa shape index (κ3) is 4.05. The zero-order valence-corrected chi connectivity index (χ0v) is 16.7. The highest BCUT2D eigenvalue weighted by atomic mass is 35.5. The molecule has 0 radical (unpaired) electrons. The van der Waals surface area contributed by atoms with E-state index >= 15 is 0 Å². The lowest BCUT2D eigenvalue weighted by atomic mass is 10.1. The van der Waals surface area contributed by atoms with Crippen molar-refractivity contribution in [3.63, 3.8) is 0 Å². The Morgan fingerprint density at radius 2 is 2.15 bits per heavy atom. The highest BCUT2D eigenvalue weighted by Crippen LogP contribution is 2.41. The van der Waals surface area contributed by atoms with Crippen molar-refractivity contribution in [2.75, 3.05) is 13.2 Å². The molecule has 0 aromatic heterocycles. The topological polar surface area (TPSA) is 50.7 Å². The smallest absolute Gasteiger partial charge is 0.251 e. The van der Waals surface area contributed by atoms with Crippen LogP contribution in [0.1, 0.15) is 42.1 Å². The highest BCUT2D eigenvalue weighted by molar-refractivity contribution is 7.99. The van der Waals surface area contributed by atoms with Crippen LogP contribution in [0, 0.1) is 0 Å². The Balaban J connectivity index is 1.60. The van der Waals surface area contributed by atoms with Crippen molar-refractivity contribution in [3.8, 4) is 0 Å². The molecule has 1 atom stereocenters. The second-order valence-corrected chi connectivity index (χ2v) is 8.20. The fraction of sp³-hybridized carbons (Fsp3) is 0.333. The molecule has 0 spiro atoms. The van der Waals surface area contributed by atoms with Gasteiger partial charge in [-0.25, -0.2) is 0 Å². The van der Waals surface area contributed by atoms with Gasteiger partial charge in [-0.05, 0) is 55.7 Å². The molecule has 2 aromatic carbocycles. The van der Waals surface area contributed by atoms with Crippen LogP contribution in [0.4, 0.5) is 5.69 Å². The quantitative estimate of drug-likeness (QED) is 0.763. The average Bonchev–Trinajstić information content (AvgIpc) is 3.14. The Hall–Kier alpha value is -1.82. The molecule has 2 aliphatic rings. The van der Waals surface area contributed by atoms with Gasteiger partial charge in [0, 0.05) is 44.8 Å². The van der Waals surface area contributed by atoms with Gasteiger partial charge in [0.05, 0.1) is 11.8 Å². The molecule has 4 nitrogen and oxygen atoms in total. The average molecular weight is 401 g/mol. The van der Waals surface area contributed by atoms with Gasteiger partial charge in [0.2, 0.25) is 0 Å². The lowest BCUT2D eigenvalue weighted by molar-refractivity contribution is 0.0858. The van der Waals surface area contributed by atoms with E-state index in [0.29, 0.717) is 17.1 Å². The van der Waals surface area contributed by atoms with E-state index in [9.17, 15) is 4.79 Å². The monoisotopic (exact) mass is 400 g/mol. The summed E-state index contributed by atoms with van der Waals surface area (Å²) in [6.45, 7) is 3.42. The lowest BCUT2D eigenvalue weighted by Crippen LogP contribution is -2.31. The molecule has 27 heavy (non-hydrogen) atoms. The molecule has 6 heteroatoms. The Bertz CT molecular complexity index is 907. The Morgan fingerprint density at radius 1 is 1.30 bits per heavy atom. The summed E-state index contributed by atoms with van der Waals surface area (Å²) >= 11 is 7.85. The molecule has 1 unspecified atom stereocenters. The van der Waals surface area contributed by atoms with Crippen molar-refractivity contribution >= 4 is 40.7 Å². The minimum Gasteiger partial charge on any atom is -0.376 e. The van der Waals surface area contributed by atoms with E-state index in [1.54, 1.807) is 11.8 Å². The molecule has 4 rings (SSSR count). The maximum absolute atomic E-state index is 12.5. The molecule has 0 saturated carbocycles. The number of aliphatic imine (C=N–C) groups is 1. The fourth-order valence-electron chi connectivity index (χ4n) is 3.36. The van der Waals surface area contributed by atoms with Gasteiger partial charge >= 0.3 is 0 Å². The van der Waals surface area contributed by atoms with Crippen LogP contribution in [-0.4, -0.2) is 30.9 Å². The Morgan fingerprint density at radius 3 is 2.93 bits per heavy atom. The number of hydrogen-bond acceptors (Lipinski definition) is 4. The largest absolute Gasteiger partial charge is 0.376 e. The third-order valence-corrected chi connectivity index (χ3v) is 6.17. The third-order valence-electron chi connectivity index (χ3n) is 4.80. The van der Waals surface area contributed by atoms with Crippen molar-refractivity contribution in [1.29, 1.82) is 0 Å². The number of fused-ring (bicyclic) bond motifs is 2. The van der Waals surface area contributed by atoms with Crippen LogP contribution in [-0.2, 0) is 4.74 Å². The van der Waals surface area contributed by atoms with Gasteiger partial charge in [-0.1, -0.05) is 30.3 Å². The van der Waals surface area contributed by atoms with Crippen LogP contribution in [0.2, 0.25) is 5.02 Å². The van der Waals surface area contributed by atoms with Crippen molar-refractivity contribution in [3.05, 3.63) is 52.5 Å². The zero-order chi connectivity index (χ0) is 18.8. The fourth-order valence-corrected chi connectivity index (χ4v) is 4.53. The standard InChI is InChI=1S/C21H21ClN2O2S/c1-2-17-16-11-14(22)6-8-19(16)27-20-7-5-13(10-18(20)24-17)21(25)23-12-15-4-3-9-26-15/h5-8,10-11,15H,2-4,9,12H2,1H3,(H,23,25). The molecule has 1 N–H and O–H groups in total. The number of halogens is 1. The molecule has 1 fully saturated rings. The second kappa shape index (κ2) is 8.05. The van der Waals surface area contributed by atoms with Crippen molar-refractivity contribution < 1.29 is 9.53 Å². The molecular formula is C21H21ClN2O2S. The number of rotatable bonds is 4. The lowest BCUT2D eigenvalue weighted by Gasteiger charge is -2.11. The Kier molecular flexibility index (Phi) is 5.53. The number of nitrogens with zero attached hydrogens (tertiary/aromatic N) is 1. The number of hydrogen-bond donors (Lipinski definition) is 1. The zero-order valence-electron chi connectivity index (χ0n) is 15.1. The van der Waals surface area contributed by atoms with E-state index in [1.807, 2.05) is 36.4 Å². The minimum atomic E-state index is -0.0867. The van der Waals surface area contributed by atoms with E-state index in [1.165, 1.54) is 0 Å². The van der Waals surface area contributed by atoms with Gasteiger partial charge < -0.3 is 10.1 Å². The van der Waals surface area contributed by atoms with Crippen LogP contribution in [0.25, 0.3) is 0 Å². The molecule has 1 amide bonds. The number of carbonyl (C=O) groups is 1. The van der Waals surface area contributed by atoms with Gasteiger partial charge in [-0.2, -0.15) is 0 Å². The molecule has 2 aliphatic heterocycles. The Labute approximate surface area is 168 Å². The molecule has 140 valence electrons. The number of ether oxygens (including phenoxy) is 1. The summed E-state index contributed by atoms with van der Waals surface area (Å²) in [7, 11) is 0. The summed E-state index contributed by atoms with van der Waals surface area (Å²) in [6.07, 6.45) is 3.00. The summed E-state index contributed by atoms with van der Waals surface area (Å²) in [5, 5.41) is 3.68. The van der Waals surface area contributed by atoms with Crippen molar-refractivity contribution in [2.24, 2.45) is 4.99 Å². The molecule has 2 aromatic rings. The summed E-state index contributed by atoms with van der Waals surface area (Å²) in [4.78, 5) is 19.6. The normalized spacial score (nSPS) is 18.3. The second-order valence-electron chi connectivity index (χ2n) is 6.68. The van der Waals surface area contributed by atoms with Crippen LogP contribution < -0.4 is 5.32 Å². The summed E-state index contributed by atoms with van der Waals surface area (Å²) in [6, 6.07) is 11.6. The molecule has 2 heterocycles. The van der Waals surface area contributed by atoms with Gasteiger partial charge in [-0.3, -0.25) is 9.79 Å². The van der Waals surface area contributed by atoms with E-state index in [-0.39, 0.29) is 12.0 Å². The number of nitrogens with one attached hydrogen (secondary N) is 1.